The lowest BCUT2D eigenvalue weighted by Gasteiger charge is -2.33. The summed E-state index contributed by atoms with van der Waals surface area (Å²) in [6.07, 6.45) is 4.16. The molecule has 0 bridgehead atoms. The maximum atomic E-state index is 5.61. The largest absolute Gasteiger partial charge is 0.370 e. The standard InChI is InChI=1S/C9H17N3.HI/c1-3-4-11-9(10)12-8-5-7(2)6-8;/h3,7-8H,1,4-6H2,2H3,(H3,10,11,12);1H. The number of halogens is 1. The second kappa shape index (κ2) is 6.23. The highest BCUT2D eigenvalue weighted by atomic mass is 127. The van der Waals surface area contributed by atoms with Crippen molar-refractivity contribution in [2.45, 2.75) is 25.8 Å². The Balaban J connectivity index is 0.00000144. The van der Waals surface area contributed by atoms with Gasteiger partial charge in [-0.1, -0.05) is 13.0 Å². The van der Waals surface area contributed by atoms with Gasteiger partial charge in [-0.2, -0.15) is 0 Å². The smallest absolute Gasteiger partial charge is 0.189 e. The molecule has 0 amide bonds. The van der Waals surface area contributed by atoms with Crippen LogP contribution in [0.1, 0.15) is 19.8 Å². The average molecular weight is 295 g/mol. The lowest BCUT2D eigenvalue weighted by atomic mass is 9.82. The van der Waals surface area contributed by atoms with Crippen molar-refractivity contribution in [2.24, 2.45) is 16.6 Å². The van der Waals surface area contributed by atoms with Crippen molar-refractivity contribution in [1.29, 1.82) is 0 Å². The zero-order valence-corrected chi connectivity index (χ0v) is 10.3. The Bertz CT molecular complexity index is 185. The second-order valence-corrected chi connectivity index (χ2v) is 3.43. The van der Waals surface area contributed by atoms with Gasteiger partial charge in [-0.05, 0) is 18.8 Å². The van der Waals surface area contributed by atoms with Gasteiger partial charge in [-0.15, -0.1) is 30.6 Å². The number of nitrogens with zero attached hydrogens (tertiary/aromatic N) is 1. The number of guanidine groups is 1. The molecule has 0 aromatic heterocycles. The Morgan fingerprint density at radius 2 is 2.31 bits per heavy atom. The van der Waals surface area contributed by atoms with Crippen LogP contribution < -0.4 is 11.1 Å². The first-order valence-corrected chi connectivity index (χ1v) is 4.39. The summed E-state index contributed by atoms with van der Waals surface area (Å²) in [7, 11) is 0. The van der Waals surface area contributed by atoms with Crippen LogP contribution in [0.4, 0.5) is 0 Å². The van der Waals surface area contributed by atoms with E-state index in [-0.39, 0.29) is 24.0 Å². The summed E-state index contributed by atoms with van der Waals surface area (Å²) >= 11 is 0. The fourth-order valence-corrected chi connectivity index (χ4v) is 1.44. The van der Waals surface area contributed by atoms with Crippen LogP contribution in [0.2, 0.25) is 0 Å². The van der Waals surface area contributed by atoms with Gasteiger partial charge >= 0.3 is 0 Å². The van der Waals surface area contributed by atoms with Crippen LogP contribution in [0.3, 0.4) is 0 Å². The number of aliphatic imine (C=N–C) groups is 1. The van der Waals surface area contributed by atoms with Crippen molar-refractivity contribution in [3.63, 3.8) is 0 Å². The molecule has 4 heteroatoms. The van der Waals surface area contributed by atoms with Gasteiger partial charge in [-0.25, -0.2) is 4.99 Å². The summed E-state index contributed by atoms with van der Waals surface area (Å²) in [5, 5.41) is 3.16. The molecule has 3 N–H and O–H groups in total. The lowest BCUT2D eigenvalue weighted by molar-refractivity contribution is 0.267. The van der Waals surface area contributed by atoms with Gasteiger partial charge in [0.2, 0.25) is 0 Å². The van der Waals surface area contributed by atoms with Crippen LogP contribution in [-0.2, 0) is 0 Å². The van der Waals surface area contributed by atoms with Gasteiger partial charge in [-0.3, -0.25) is 0 Å². The molecule has 76 valence electrons. The van der Waals surface area contributed by atoms with E-state index < -0.39 is 0 Å². The van der Waals surface area contributed by atoms with E-state index >= 15 is 0 Å². The highest BCUT2D eigenvalue weighted by molar-refractivity contribution is 14.0. The fraction of sp³-hybridized carbons (Fsp3) is 0.667. The van der Waals surface area contributed by atoms with Crippen molar-refractivity contribution in [2.75, 3.05) is 6.54 Å². The molecule has 1 aliphatic rings. The molecule has 0 saturated heterocycles. The Morgan fingerprint density at radius 1 is 1.69 bits per heavy atom. The molecule has 0 heterocycles. The number of rotatable bonds is 3. The summed E-state index contributed by atoms with van der Waals surface area (Å²) < 4.78 is 0. The molecule has 0 unspecified atom stereocenters. The first-order chi connectivity index (χ1) is 5.72. The molecule has 0 aromatic carbocycles. The number of nitrogens with two attached hydrogens (primary N) is 1. The zero-order valence-electron chi connectivity index (χ0n) is 7.99. The molecule has 1 aliphatic carbocycles. The van der Waals surface area contributed by atoms with E-state index in [9.17, 15) is 0 Å². The van der Waals surface area contributed by atoms with Gasteiger partial charge in [0.15, 0.2) is 5.96 Å². The van der Waals surface area contributed by atoms with Gasteiger partial charge in [0, 0.05) is 6.04 Å². The summed E-state index contributed by atoms with van der Waals surface area (Å²) in [5.74, 6) is 1.39. The van der Waals surface area contributed by atoms with Crippen molar-refractivity contribution in [3.8, 4) is 0 Å². The number of hydrogen-bond donors (Lipinski definition) is 2. The SMILES string of the molecule is C=CCN=C(N)NC1CC(C)C1.I. The molecular formula is C9H18IN3. The van der Waals surface area contributed by atoms with E-state index in [1.165, 1.54) is 12.8 Å². The minimum Gasteiger partial charge on any atom is -0.370 e. The first kappa shape index (κ1) is 12.7. The summed E-state index contributed by atoms with van der Waals surface area (Å²) in [6, 6.07) is 0.550. The third-order valence-corrected chi connectivity index (χ3v) is 2.12. The van der Waals surface area contributed by atoms with Crippen LogP contribution in [0.15, 0.2) is 17.6 Å². The maximum Gasteiger partial charge on any atom is 0.189 e. The van der Waals surface area contributed by atoms with Gasteiger partial charge in [0.25, 0.3) is 0 Å². The summed E-state index contributed by atoms with van der Waals surface area (Å²) in [6.45, 7) is 6.41. The number of hydrogen-bond acceptors (Lipinski definition) is 1. The van der Waals surface area contributed by atoms with Crippen LogP contribution in [0.5, 0.6) is 0 Å². The van der Waals surface area contributed by atoms with Gasteiger partial charge in [0.05, 0.1) is 6.54 Å². The monoisotopic (exact) mass is 295 g/mol. The molecule has 1 rings (SSSR count). The second-order valence-electron chi connectivity index (χ2n) is 3.43. The van der Waals surface area contributed by atoms with E-state index in [2.05, 4.69) is 23.8 Å². The molecule has 0 atom stereocenters. The van der Waals surface area contributed by atoms with E-state index in [1.54, 1.807) is 6.08 Å². The van der Waals surface area contributed by atoms with E-state index in [0.29, 0.717) is 18.5 Å². The van der Waals surface area contributed by atoms with Crippen LogP contribution in [-0.4, -0.2) is 18.5 Å². The lowest BCUT2D eigenvalue weighted by Crippen LogP contribution is -2.46. The predicted molar refractivity (Wildman–Crippen MR) is 67.4 cm³/mol. The molecule has 0 radical (unpaired) electrons. The maximum absolute atomic E-state index is 5.61. The quantitative estimate of drug-likeness (QED) is 0.359. The Morgan fingerprint density at radius 3 is 2.77 bits per heavy atom. The minimum atomic E-state index is 0. The molecule has 1 fully saturated rings. The minimum absolute atomic E-state index is 0. The molecule has 0 aromatic rings. The van der Waals surface area contributed by atoms with E-state index in [0.717, 1.165) is 5.92 Å². The molecule has 1 saturated carbocycles. The fourth-order valence-electron chi connectivity index (χ4n) is 1.44. The van der Waals surface area contributed by atoms with Crippen LogP contribution >= 0.6 is 24.0 Å². The Hall–Kier alpha value is -0.260. The number of nitrogens with one attached hydrogen (secondary N) is 1. The highest BCUT2D eigenvalue weighted by Gasteiger charge is 2.25. The van der Waals surface area contributed by atoms with Crippen molar-refractivity contribution >= 4 is 29.9 Å². The summed E-state index contributed by atoms with van der Waals surface area (Å²) in [4.78, 5) is 4.05. The van der Waals surface area contributed by atoms with Crippen molar-refractivity contribution in [3.05, 3.63) is 12.7 Å². The highest BCUT2D eigenvalue weighted by Crippen LogP contribution is 2.25. The van der Waals surface area contributed by atoms with Crippen molar-refractivity contribution < 1.29 is 0 Å². The molecule has 13 heavy (non-hydrogen) atoms. The summed E-state index contributed by atoms with van der Waals surface area (Å²) in [5.41, 5.74) is 5.61. The predicted octanol–water partition coefficient (Wildman–Crippen LogP) is 1.49. The van der Waals surface area contributed by atoms with Gasteiger partial charge in [0.1, 0.15) is 0 Å². The van der Waals surface area contributed by atoms with Crippen molar-refractivity contribution in [1.82, 2.24) is 5.32 Å². The molecule has 3 nitrogen and oxygen atoms in total. The molecular weight excluding hydrogens is 277 g/mol. The van der Waals surface area contributed by atoms with E-state index in [1.807, 2.05) is 0 Å². The molecule has 0 aliphatic heterocycles. The van der Waals surface area contributed by atoms with Crippen LogP contribution in [0, 0.1) is 5.92 Å². The first-order valence-electron chi connectivity index (χ1n) is 4.39. The average Bonchev–Trinajstić information content (AvgIpc) is 1.98. The Labute approximate surface area is 96.9 Å². The van der Waals surface area contributed by atoms with Crippen LogP contribution in [0.25, 0.3) is 0 Å². The topological polar surface area (TPSA) is 50.4 Å². The molecule has 0 spiro atoms. The third kappa shape index (κ3) is 4.50. The Kier molecular flexibility index (Phi) is 6.11. The normalized spacial score (nSPS) is 27.0. The van der Waals surface area contributed by atoms with E-state index in [4.69, 9.17) is 5.73 Å². The zero-order chi connectivity index (χ0) is 8.97. The third-order valence-electron chi connectivity index (χ3n) is 2.12. The van der Waals surface area contributed by atoms with Gasteiger partial charge < -0.3 is 11.1 Å².